The number of para-hydroxylation sites is 1. The number of benzene rings is 1. The first-order valence-electron chi connectivity index (χ1n) is 11.9. The molecule has 1 aliphatic carbocycles. The minimum absolute atomic E-state index is 0.201. The van der Waals surface area contributed by atoms with Gasteiger partial charge in [0, 0.05) is 37.8 Å². The zero-order valence-electron chi connectivity index (χ0n) is 18.5. The van der Waals surface area contributed by atoms with Crippen LogP contribution in [0.5, 0.6) is 5.75 Å². The molecule has 1 amide bonds. The lowest BCUT2D eigenvalue weighted by Crippen LogP contribution is -2.39. The quantitative estimate of drug-likeness (QED) is 0.559. The van der Waals surface area contributed by atoms with Crippen molar-refractivity contribution in [2.75, 3.05) is 19.7 Å². The van der Waals surface area contributed by atoms with Crippen LogP contribution in [-0.4, -0.2) is 50.3 Å². The summed E-state index contributed by atoms with van der Waals surface area (Å²) in [6.45, 7) is 2.70. The van der Waals surface area contributed by atoms with Crippen LogP contribution in [0.3, 0.4) is 0 Å². The third-order valence-corrected chi connectivity index (χ3v) is 6.81. The second kappa shape index (κ2) is 9.67. The van der Waals surface area contributed by atoms with Gasteiger partial charge < -0.3 is 9.64 Å². The normalized spacial score (nSPS) is 19.5. The van der Waals surface area contributed by atoms with Crippen molar-refractivity contribution < 1.29 is 9.53 Å². The number of ether oxygens (including phenoxy) is 1. The van der Waals surface area contributed by atoms with Crippen LogP contribution in [0, 0.1) is 5.92 Å². The van der Waals surface area contributed by atoms with Crippen molar-refractivity contribution in [3.05, 3.63) is 48.4 Å². The molecule has 2 aliphatic rings. The number of nitrogens with zero attached hydrogens (tertiary/aromatic N) is 5. The van der Waals surface area contributed by atoms with E-state index in [9.17, 15) is 4.79 Å². The smallest absolute Gasteiger partial charge is 0.222 e. The summed E-state index contributed by atoms with van der Waals surface area (Å²) >= 11 is 0. The third kappa shape index (κ3) is 4.61. The minimum atomic E-state index is 0.201. The molecule has 3 aromatic rings. The van der Waals surface area contributed by atoms with Crippen molar-refractivity contribution in [2.24, 2.45) is 5.92 Å². The average molecular weight is 434 g/mol. The van der Waals surface area contributed by atoms with Crippen molar-refractivity contribution in [1.82, 2.24) is 24.6 Å². The molecule has 1 atom stereocenters. The number of likely N-dealkylation sites (tertiary alicyclic amines) is 1. The largest absolute Gasteiger partial charge is 0.492 e. The molecule has 1 saturated heterocycles. The Morgan fingerprint density at radius 3 is 2.69 bits per heavy atom. The molecule has 2 fully saturated rings. The minimum Gasteiger partial charge on any atom is -0.492 e. The maximum absolute atomic E-state index is 12.9. The first-order valence-corrected chi connectivity index (χ1v) is 11.9. The van der Waals surface area contributed by atoms with Gasteiger partial charge in [0.05, 0.1) is 12.2 Å². The Morgan fingerprint density at radius 1 is 1.03 bits per heavy atom. The van der Waals surface area contributed by atoms with Crippen molar-refractivity contribution in [3.8, 4) is 5.75 Å². The molecule has 32 heavy (non-hydrogen) atoms. The van der Waals surface area contributed by atoms with Gasteiger partial charge in [0.1, 0.15) is 17.9 Å². The molecule has 168 valence electrons. The Labute approximate surface area is 188 Å². The van der Waals surface area contributed by atoms with E-state index < -0.39 is 0 Å². The summed E-state index contributed by atoms with van der Waals surface area (Å²) in [5, 5.41) is 4.91. The van der Waals surface area contributed by atoms with Gasteiger partial charge in [-0.15, -0.1) is 0 Å². The number of rotatable bonds is 7. The molecule has 0 N–H and O–H groups in total. The van der Waals surface area contributed by atoms with E-state index in [1.165, 1.54) is 25.7 Å². The number of amides is 1. The summed E-state index contributed by atoms with van der Waals surface area (Å²) in [7, 11) is 0. The number of carbonyl (C=O) groups is 1. The lowest BCUT2D eigenvalue weighted by Gasteiger charge is -2.32. The Kier molecular flexibility index (Phi) is 6.32. The van der Waals surface area contributed by atoms with Crippen LogP contribution < -0.4 is 4.74 Å². The van der Waals surface area contributed by atoms with Gasteiger partial charge in [0.25, 0.3) is 0 Å². The highest BCUT2D eigenvalue weighted by atomic mass is 16.5. The fourth-order valence-corrected chi connectivity index (χ4v) is 5.14. The van der Waals surface area contributed by atoms with E-state index in [0.717, 1.165) is 48.5 Å². The Balaban J connectivity index is 1.29. The van der Waals surface area contributed by atoms with Gasteiger partial charge in [-0.25, -0.2) is 14.6 Å². The highest BCUT2D eigenvalue weighted by Gasteiger charge is 2.30. The molecular formula is C25H31N5O2. The van der Waals surface area contributed by atoms with Gasteiger partial charge in [-0.1, -0.05) is 31.0 Å². The second-order valence-corrected chi connectivity index (χ2v) is 9.03. The summed E-state index contributed by atoms with van der Waals surface area (Å²) in [5.74, 6) is 1.94. The Bertz CT molecular complexity index is 1040. The van der Waals surface area contributed by atoms with Gasteiger partial charge in [0.2, 0.25) is 5.91 Å². The van der Waals surface area contributed by atoms with E-state index in [-0.39, 0.29) is 5.92 Å². The van der Waals surface area contributed by atoms with Crippen LogP contribution in [-0.2, 0) is 11.3 Å². The number of carbonyl (C=O) groups excluding carboxylic acids is 1. The molecular weight excluding hydrogens is 402 g/mol. The van der Waals surface area contributed by atoms with Crippen molar-refractivity contribution >= 4 is 17.1 Å². The van der Waals surface area contributed by atoms with Crippen LogP contribution in [0.4, 0.5) is 0 Å². The highest BCUT2D eigenvalue weighted by Crippen LogP contribution is 2.32. The lowest BCUT2D eigenvalue weighted by atomic mass is 9.93. The fourth-order valence-electron chi connectivity index (χ4n) is 5.14. The van der Waals surface area contributed by atoms with Gasteiger partial charge in [-0.2, -0.15) is 5.10 Å². The molecule has 0 bridgehead atoms. The Hall–Kier alpha value is -2.96. The summed E-state index contributed by atoms with van der Waals surface area (Å²) in [5.41, 5.74) is 2.60. The first kappa shape index (κ1) is 20.9. The molecule has 1 aromatic carbocycles. The second-order valence-electron chi connectivity index (χ2n) is 9.03. The Morgan fingerprint density at radius 2 is 1.84 bits per heavy atom. The summed E-state index contributed by atoms with van der Waals surface area (Å²) < 4.78 is 7.77. The molecule has 1 unspecified atom stereocenters. The zero-order chi connectivity index (χ0) is 21.8. The molecule has 3 heterocycles. The fraction of sp³-hybridized carbons (Fsp3) is 0.520. The van der Waals surface area contributed by atoms with Gasteiger partial charge in [-0.05, 0) is 43.7 Å². The van der Waals surface area contributed by atoms with E-state index in [4.69, 9.17) is 9.84 Å². The maximum Gasteiger partial charge on any atom is 0.222 e. The molecule has 5 rings (SSSR count). The number of fused-ring (bicyclic) bond motifs is 1. The molecule has 1 aliphatic heterocycles. The molecule has 7 heteroatoms. The van der Waals surface area contributed by atoms with Crippen LogP contribution in [0.15, 0.2) is 42.7 Å². The van der Waals surface area contributed by atoms with Gasteiger partial charge in [0.15, 0.2) is 5.65 Å². The van der Waals surface area contributed by atoms with Crippen LogP contribution in [0.1, 0.15) is 56.6 Å². The third-order valence-electron chi connectivity index (χ3n) is 6.81. The van der Waals surface area contributed by atoms with E-state index in [1.807, 2.05) is 35.0 Å². The van der Waals surface area contributed by atoms with E-state index in [2.05, 4.69) is 14.9 Å². The van der Waals surface area contributed by atoms with Crippen molar-refractivity contribution in [1.29, 1.82) is 0 Å². The van der Waals surface area contributed by atoms with E-state index >= 15 is 0 Å². The number of aromatic nitrogens is 4. The molecule has 1 saturated carbocycles. The summed E-state index contributed by atoms with van der Waals surface area (Å²) in [6.07, 6.45) is 11.1. The molecule has 0 radical (unpaired) electrons. The van der Waals surface area contributed by atoms with Crippen molar-refractivity contribution in [2.45, 2.75) is 57.4 Å². The van der Waals surface area contributed by atoms with Gasteiger partial charge >= 0.3 is 0 Å². The standard InChI is InChI=1S/C25H31N5O2/c31-22(17-19-7-4-5-8-19)29-14-6-9-20(18-29)23-24-25(27-13-12-26-24)30(28-23)15-16-32-21-10-2-1-3-11-21/h1-3,10-13,19-20H,4-9,14-18H2. The SMILES string of the molecule is O=C(CC1CCCC1)N1CCCC(c2nn(CCOc3ccccc3)c3nccnc23)C1. The number of piperidine rings is 1. The summed E-state index contributed by atoms with van der Waals surface area (Å²) in [4.78, 5) is 24.1. The molecule has 0 spiro atoms. The topological polar surface area (TPSA) is 73.1 Å². The summed E-state index contributed by atoms with van der Waals surface area (Å²) in [6, 6.07) is 9.80. The van der Waals surface area contributed by atoms with E-state index in [1.54, 1.807) is 12.4 Å². The molecule has 2 aromatic heterocycles. The monoisotopic (exact) mass is 433 g/mol. The van der Waals surface area contributed by atoms with E-state index in [0.29, 0.717) is 31.4 Å². The van der Waals surface area contributed by atoms with Crippen LogP contribution >= 0.6 is 0 Å². The maximum atomic E-state index is 12.9. The first-order chi connectivity index (χ1) is 15.8. The predicted molar refractivity (Wildman–Crippen MR) is 122 cm³/mol. The van der Waals surface area contributed by atoms with Crippen molar-refractivity contribution in [3.63, 3.8) is 0 Å². The predicted octanol–water partition coefficient (Wildman–Crippen LogP) is 4.19. The highest BCUT2D eigenvalue weighted by molar-refractivity contribution is 5.77. The van der Waals surface area contributed by atoms with Gasteiger partial charge in [-0.3, -0.25) is 4.79 Å². The lowest BCUT2D eigenvalue weighted by molar-refractivity contribution is -0.133. The number of hydrogen-bond donors (Lipinski definition) is 0. The molecule has 7 nitrogen and oxygen atoms in total. The number of hydrogen-bond acceptors (Lipinski definition) is 5. The zero-order valence-corrected chi connectivity index (χ0v) is 18.5. The van der Waals surface area contributed by atoms with Crippen LogP contribution in [0.25, 0.3) is 11.2 Å². The van der Waals surface area contributed by atoms with Crippen LogP contribution in [0.2, 0.25) is 0 Å². The average Bonchev–Trinajstić information content (AvgIpc) is 3.48.